The van der Waals surface area contributed by atoms with Gasteiger partial charge < -0.3 is 14.6 Å². The maximum Gasteiger partial charge on any atom is 0.220 e. The molecule has 6 nitrogen and oxygen atoms in total. The van der Waals surface area contributed by atoms with Gasteiger partial charge >= 0.3 is 0 Å². The number of fused-ring (bicyclic) bond motifs is 1. The summed E-state index contributed by atoms with van der Waals surface area (Å²) in [4.78, 5) is 14.9. The highest BCUT2D eigenvalue weighted by Crippen LogP contribution is 2.30. The molecule has 144 valence electrons. The molecule has 1 N–H and O–H groups in total. The summed E-state index contributed by atoms with van der Waals surface area (Å²) in [6.45, 7) is 6.33. The van der Waals surface area contributed by atoms with E-state index >= 15 is 0 Å². The second kappa shape index (κ2) is 7.82. The molecular formula is C21H27N3O3. The van der Waals surface area contributed by atoms with Gasteiger partial charge in [-0.25, -0.2) is 0 Å². The van der Waals surface area contributed by atoms with Gasteiger partial charge in [0.15, 0.2) is 0 Å². The van der Waals surface area contributed by atoms with Crippen LogP contribution in [0.5, 0.6) is 0 Å². The zero-order chi connectivity index (χ0) is 18.8. The molecular weight excluding hydrogens is 342 g/mol. The lowest BCUT2D eigenvalue weighted by Gasteiger charge is -2.35. The lowest BCUT2D eigenvalue weighted by atomic mass is 10.1. The van der Waals surface area contributed by atoms with E-state index in [1.807, 2.05) is 19.9 Å². The van der Waals surface area contributed by atoms with Crippen LogP contribution in [0.3, 0.4) is 0 Å². The van der Waals surface area contributed by atoms with Crippen LogP contribution in [-0.4, -0.2) is 47.7 Å². The third-order valence-corrected chi connectivity index (χ3v) is 5.74. The largest absolute Gasteiger partial charge is 0.371 e. The Balaban J connectivity index is 1.28. The summed E-state index contributed by atoms with van der Waals surface area (Å²) in [5, 5.41) is 7.16. The van der Waals surface area contributed by atoms with Crippen molar-refractivity contribution in [1.29, 1.82) is 0 Å². The number of ether oxygens (including phenoxy) is 1. The van der Waals surface area contributed by atoms with Crippen molar-refractivity contribution in [1.82, 2.24) is 15.4 Å². The maximum absolute atomic E-state index is 12.4. The molecule has 0 spiro atoms. The van der Waals surface area contributed by atoms with Crippen molar-refractivity contribution in [2.45, 2.75) is 51.3 Å². The van der Waals surface area contributed by atoms with Crippen LogP contribution < -0.4 is 5.32 Å². The minimum absolute atomic E-state index is 0.0976. The molecule has 1 aromatic carbocycles. The number of morpholine rings is 1. The molecule has 2 aliphatic heterocycles. The van der Waals surface area contributed by atoms with E-state index in [0.717, 1.165) is 43.1 Å². The first-order valence-corrected chi connectivity index (χ1v) is 9.72. The van der Waals surface area contributed by atoms with Gasteiger partial charge in [0.1, 0.15) is 5.76 Å². The molecule has 0 unspecified atom stereocenters. The first kappa shape index (κ1) is 18.2. The van der Waals surface area contributed by atoms with E-state index < -0.39 is 0 Å². The summed E-state index contributed by atoms with van der Waals surface area (Å²) in [7, 11) is 0. The molecule has 1 aromatic heterocycles. The highest BCUT2D eigenvalue weighted by molar-refractivity contribution is 5.76. The zero-order valence-corrected chi connectivity index (χ0v) is 16.0. The number of amides is 1. The molecule has 0 saturated carbocycles. The van der Waals surface area contributed by atoms with Crippen LogP contribution in [0.15, 0.2) is 34.9 Å². The average Bonchev–Trinajstić information content (AvgIpc) is 3.22. The molecule has 1 amide bonds. The van der Waals surface area contributed by atoms with Crippen LogP contribution in [0.4, 0.5) is 0 Å². The standard InChI is InChI=1S/C21H27N3O3/c1-14-19(15(2)27-23-14)8-9-21(25)22-17-10-18-13-26-20(12-24(18)11-17)16-6-4-3-5-7-16/h3-7,17-18,20H,8-13H2,1-2H3,(H,22,25)/t17-,18+,20-/m1/s1. The maximum atomic E-state index is 12.4. The quantitative estimate of drug-likeness (QED) is 0.877. The van der Waals surface area contributed by atoms with E-state index in [2.05, 4.69) is 39.6 Å². The molecule has 2 aromatic rings. The zero-order valence-electron chi connectivity index (χ0n) is 16.0. The number of nitrogens with zero attached hydrogens (tertiary/aromatic N) is 2. The molecule has 2 aliphatic rings. The monoisotopic (exact) mass is 369 g/mol. The highest BCUT2D eigenvalue weighted by Gasteiger charge is 2.38. The minimum atomic E-state index is 0.0976. The molecule has 3 atom stereocenters. The number of benzene rings is 1. The van der Waals surface area contributed by atoms with Crippen LogP contribution in [0, 0.1) is 13.8 Å². The van der Waals surface area contributed by atoms with E-state index in [-0.39, 0.29) is 18.1 Å². The van der Waals surface area contributed by atoms with Gasteiger partial charge in [-0.05, 0) is 32.3 Å². The third-order valence-electron chi connectivity index (χ3n) is 5.74. The van der Waals surface area contributed by atoms with Gasteiger partial charge in [-0.15, -0.1) is 0 Å². The molecule has 27 heavy (non-hydrogen) atoms. The fourth-order valence-electron chi connectivity index (χ4n) is 4.25. The molecule has 2 fully saturated rings. The van der Waals surface area contributed by atoms with E-state index in [1.54, 1.807) is 0 Å². The first-order chi connectivity index (χ1) is 13.1. The number of carbonyl (C=O) groups is 1. The van der Waals surface area contributed by atoms with Gasteiger partial charge in [0.05, 0.1) is 18.4 Å². The number of hydrogen-bond acceptors (Lipinski definition) is 5. The van der Waals surface area contributed by atoms with Crippen molar-refractivity contribution in [3.63, 3.8) is 0 Å². The van der Waals surface area contributed by atoms with E-state index in [9.17, 15) is 4.79 Å². The van der Waals surface area contributed by atoms with Gasteiger partial charge in [-0.1, -0.05) is 35.5 Å². The Hall–Kier alpha value is -2.18. The summed E-state index contributed by atoms with van der Waals surface area (Å²) in [6.07, 6.45) is 2.22. The third kappa shape index (κ3) is 4.06. The molecule has 6 heteroatoms. The lowest BCUT2D eigenvalue weighted by Crippen LogP contribution is -2.43. The Morgan fingerprint density at radius 3 is 2.81 bits per heavy atom. The van der Waals surface area contributed by atoms with Crippen molar-refractivity contribution < 1.29 is 14.1 Å². The Labute approximate surface area is 159 Å². The lowest BCUT2D eigenvalue weighted by molar-refractivity contribution is -0.121. The Kier molecular flexibility index (Phi) is 5.27. The first-order valence-electron chi connectivity index (χ1n) is 9.72. The normalized spacial score (nSPS) is 25.3. The molecule has 0 aliphatic carbocycles. The van der Waals surface area contributed by atoms with Gasteiger partial charge in [0.25, 0.3) is 0 Å². The van der Waals surface area contributed by atoms with E-state index in [1.165, 1.54) is 5.56 Å². The predicted octanol–water partition coefficient (Wildman–Crippen LogP) is 2.55. The molecule has 0 radical (unpaired) electrons. The highest BCUT2D eigenvalue weighted by atomic mass is 16.5. The van der Waals surface area contributed by atoms with Crippen molar-refractivity contribution in [2.24, 2.45) is 0 Å². The summed E-state index contributed by atoms with van der Waals surface area (Å²) in [5.74, 6) is 0.905. The number of aromatic nitrogens is 1. The van der Waals surface area contributed by atoms with Crippen LogP contribution in [0.25, 0.3) is 0 Å². The fraction of sp³-hybridized carbons (Fsp3) is 0.524. The van der Waals surface area contributed by atoms with Crippen molar-refractivity contribution >= 4 is 5.91 Å². The van der Waals surface area contributed by atoms with Crippen LogP contribution in [0.2, 0.25) is 0 Å². The summed E-state index contributed by atoms with van der Waals surface area (Å²) >= 11 is 0. The molecule has 2 saturated heterocycles. The van der Waals surface area contributed by atoms with Crippen molar-refractivity contribution in [3.8, 4) is 0 Å². The second-order valence-corrected chi connectivity index (χ2v) is 7.64. The van der Waals surface area contributed by atoms with Crippen LogP contribution in [0.1, 0.15) is 41.5 Å². The Bertz CT molecular complexity index is 770. The van der Waals surface area contributed by atoms with Crippen molar-refractivity contribution in [2.75, 3.05) is 19.7 Å². The summed E-state index contributed by atoms with van der Waals surface area (Å²) in [6, 6.07) is 11.0. The number of rotatable bonds is 5. The summed E-state index contributed by atoms with van der Waals surface area (Å²) in [5.41, 5.74) is 3.15. The Morgan fingerprint density at radius 2 is 2.07 bits per heavy atom. The van der Waals surface area contributed by atoms with Gasteiger partial charge in [0, 0.05) is 37.2 Å². The van der Waals surface area contributed by atoms with Gasteiger partial charge in [-0.2, -0.15) is 0 Å². The number of carbonyl (C=O) groups excluding carboxylic acids is 1. The average molecular weight is 369 g/mol. The number of aryl methyl sites for hydroxylation is 2. The van der Waals surface area contributed by atoms with Crippen LogP contribution >= 0.6 is 0 Å². The fourth-order valence-corrected chi connectivity index (χ4v) is 4.25. The molecule has 4 rings (SSSR count). The Morgan fingerprint density at radius 1 is 1.26 bits per heavy atom. The molecule has 0 bridgehead atoms. The van der Waals surface area contributed by atoms with Gasteiger partial charge in [-0.3, -0.25) is 9.69 Å². The SMILES string of the molecule is Cc1noc(C)c1CCC(=O)N[C@@H]1C[C@H]2CO[C@@H](c3ccccc3)CN2C1. The minimum Gasteiger partial charge on any atom is -0.371 e. The van der Waals surface area contributed by atoms with E-state index in [4.69, 9.17) is 9.26 Å². The summed E-state index contributed by atoms with van der Waals surface area (Å²) < 4.78 is 11.3. The van der Waals surface area contributed by atoms with Crippen molar-refractivity contribution in [3.05, 3.63) is 52.9 Å². The number of nitrogens with one attached hydrogen (secondary N) is 1. The second-order valence-electron chi connectivity index (χ2n) is 7.64. The molecule has 3 heterocycles. The van der Waals surface area contributed by atoms with Crippen LogP contribution in [-0.2, 0) is 16.0 Å². The smallest absolute Gasteiger partial charge is 0.220 e. The number of hydrogen-bond donors (Lipinski definition) is 1. The van der Waals surface area contributed by atoms with Gasteiger partial charge in [0.2, 0.25) is 5.91 Å². The van der Waals surface area contributed by atoms with E-state index in [0.29, 0.717) is 18.9 Å². The topological polar surface area (TPSA) is 67.6 Å². The predicted molar refractivity (Wildman–Crippen MR) is 101 cm³/mol.